The van der Waals surface area contributed by atoms with E-state index < -0.39 is 10.0 Å². The number of quaternary nitrogens is 1. The molecule has 130 valence electrons. The Kier molecular flexibility index (Phi) is 5.19. The van der Waals surface area contributed by atoms with E-state index in [1.165, 1.54) is 26.4 Å². The van der Waals surface area contributed by atoms with Crippen molar-refractivity contribution in [2.75, 3.05) is 26.2 Å². The summed E-state index contributed by atoms with van der Waals surface area (Å²) in [4.78, 5) is 1.49. The zero-order valence-corrected chi connectivity index (χ0v) is 15.1. The van der Waals surface area contributed by atoms with Gasteiger partial charge in [-0.05, 0) is 19.1 Å². The predicted molar refractivity (Wildman–Crippen MR) is 95.5 cm³/mol. The molecule has 6 heteroatoms. The van der Waals surface area contributed by atoms with Gasteiger partial charge in [0, 0.05) is 5.56 Å². The smallest absolute Gasteiger partial charge is 0.244 e. The van der Waals surface area contributed by atoms with Crippen LogP contribution in [0.3, 0.4) is 0 Å². The van der Waals surface area contributed by atoms with Crippen molar-refractivity contribution in [2.45, 2.75) is 18.4 Å². The lowest BCUT2D eigenvalue weighted by molar-refractivity contribution is -0.917. The third-order valence-corrected chi connectivity index (χ3v) is 6.59. The molecule has 0 amide bonds. The number of benzene rings is 2. The molecule has 0 radical (unpaired) electrons. The van der Waals surface area contributed by atoms with Gasteiger partial charge in [-0.1, -0.05) is 42.0 Å². The highest BCUT2D eigenvalue weighted by atomic mass is 32.2. The molecule has 1 aliphatic heterocycles. The average molecular weight is 356 g/mol. The maximum atomic E-state index is 12.8. The number of nitrogens with one attached hydrogen (secondary N) is 1. The molecule has 1 aliphatic rings. The van der Waals surface area contributed by atoms with E-state index in [1.54, 1.807) is 18.2 Å². The van der Waals surface area contributed by atoms with Crippen LogP contribution in [-0.2, 0) is 16.6 Å². The van der Waals surface area contributed by atoms with Gasteiger partial charge in [0.15, 0.2) is 0 Å². The minimum absolute atomic E-state index is 0.111. The predicted octanol–water partition coefficient (Wildman–Crippen LogP) is 0.956. The number of piperazine rings is 1. The Labute approximate surface area is 149 Å². The second-order valence-electron chi connectivity index (χ2n) is 6.42. The molecule has 0 spiro atoms. The van der Waals surface area contributed by atoms with Crippen LogP contribution in [0, 0.1) is 18.3 Å². The molecule has 1 fully saturated rings. The van der Waals surface area contributed by atoms with Crippen molar-refractivity contribution in [3.63, 3.8) is 0 Å². The van der Waals surface area contributed by atoms with Gasteiger partial charge in [0.1, 0.15) is 12.6 Å². The van der Waals surface area contributed by atoms with Gasteiger partial charge < -0.3 is 4.90 Å². The minimum Gasteiger partial charge on any atom is -0.329 e. The average Bonchev–Trinajstić information content (AvgIpc) is 2.64. The Morgan fingerprint density at radius 3 is 2.36 bits per heavy atom. The molecule has 0 aliphatic carbocycles. The number of aryl methyl sites for hydroxylation is 1. The lowest BCUT2D eigenvalue weighted by atomic mass is 10.1. The lowest BCUT2D eigenvalue weighted by Gasteiger charge is -2.31. The SMILES string of the molecule is Cc1ccc(C[NH+]2CCN(S(=O)(=O)c3ccccc3C#N)CC2)cc1. The molecule has 0 saturated carbocycles. The van der Waals surface area contributed by atoms with Crippen molar-refractivity contribution in [1.29, 1.82) is 5.26 Å². The Bertz CT molecular complexity index is 878. The van der Waals surface area contributed by atoms with E-state index in [1.807, 2.05) is 6.07 Å². The number of rotatable bonds is 4. The van der Waals surface area contributed by atoms with Crippen molar-refractivity contribution in [2.24, 2.45) is 0 Å². The summed E-state index contributed by atoms with van der Waals surface area (Å²) in [5, 5.41) is 9.17. The van der Waals surface area contributed by atoms with Crippen LogP contribution in [0.4, 0.5) is 0 Å². The molecular weight excluding hydrogens is 334 g/mol. The Morgan fingerprint density at radius 1 is 1.08 bits per heavy atom. The summed E-state index contributed by atoms with van der Waals surface area (Å²) in [6.45, 7) is 5.46. The van der Waals surface area contributed by atoms with Crippen molar-refractivity contribution in [3.8, 4) is 6.07 Å². The third-order valence-electron chi connectivity index (χ3n) is 4.63. The van der Waals surface area contributed by atoms with E-state index in [4.69, 9.17) is 5.26 Å². The van der Waals surface area contributed by atoms with Crippen LogP contribution >= 0.6 is 0 Å². The summed E-state index contributed by atoms with van der Waals surface area (Å²) in [7, 11) is -3.61. The van der Waals surface area contributed by atoms with Crippen molar-refractivity contribution in [3.05, 3.63) is 65.2 Å². The number of hydrogen-bond acceptors (Lipinski definition) is 3. The van der Waals surface area contributed by atoms with E-state index >= 15 is 0 Å². The van der Waals surface area contributed by atoms with Crippen LogP contribution < -0.4 is 4.90 Å². The van der Waals surface area contributed by atoms with Gasteiger partial charge in [0.2, 0.25) is 10.0 Å². The first-order valence-corrected chi connectivity index (χ1v) is 9.83. The van der Waals surface area contributed by atoms with Gasteiger partial charge in [-0.15, -0.1) is 0 Å². The summed E-state index contributed by atoms with van der Waals surface area (Å²) in [6.07, 6.45) is 0. The van der Waals surface area contributed by atoms with E-state index in [9.17, 15) is 8.42 Å². The molecule has 0 unspecified atom stereocenters. The highest BCUT2D eigenvalue weighted by molar-refractivity contribution is 7.89. The molecule has 5 nitrogen and oxygen atoms in total. The van der Waals surface area contributed by atoms with E-state index in [0.29, 0.717) is 13.1 Å². The van der Waals surface area contributed by atoms with Gasteiger partial charge in [-0.2, -0.15) is 9.57 Å². The first-order chi connectivity index (χ1) is 12.0. The Morgan fingerprint density at radius 2 is 1.72 bits per heavy atom. The fourth-order valence-corrected chi connectivity index (χ4v) is 4.72. The largest absolute Gasteiger partial charge is 0.329 e. The van der Waals surface area contributed by atoms with Crippen LogP contribution in [0.25, 0.3) is 0 Å². The maximum Gasteiger partial charge on any atom is 0.244 e. The Balaban J connectivity index is 1.67. The topological polar surface area (TPSA) is 65.6 Å². The van der Waals surface area contributed by atoms with Crippen LogP contribution in [0.2, 0.25) is 0 Å². The summed E-state index contributed by atoms with van der Waals surface area (Å²) in [6, 6.07) is 16.9. The summed E-state index contributed by atoms with van der Waals surface area (Å²) in [5.41, 5.74) is 2.72. The molecule has 0 bridgehead atoms. The quantitative estimate of drug-likeness (QED) is 0.887. The van der Waals surface area contributed by atoms with Crippen molar-refractivity contribution in [1.82, 2.24) is 4.31 Å². The molecule has 0 atom stereocenters. The summed E-state index contributed by atoms with van der Waals surface area (Å²) >= 11 is 0. The highest BCUT2D eigenvalue weighted by Crippen LogP contribution is 2.19. The van der Waals surface area contributed by atoms with E-state index in [2.05, 4.69) is 31.2 Å². The fourth-order valence-electron chi connectivity index (χ4n) is 3.14. The van der Waals surface area contributed by atoms with Gasteiger partial charge >= 0.3 is 0 Å². The van der Waals surface area contributed by atoms with E-state index in [-0.39, 0.29) is 10.5 Å². The van der Waals surface area contributed by atoms with Crippen LogP contribution in [0.5, 0.6) is 0 Å². The second-order valence-corrected chi connectivity index (χ2v) is 8.33. The lowest BCUT2D eigenvalue weighted by Crippen LogP contribution is -3.13. The van der Waals surface area contributed by atoms with Gasteiger partial charge in [-0.25, -0.2) is 8.42 Å². The minimum atomic E-state index is -3.61. The molecule has 1 heterocycles. The van der Waals surface area contributed by atoms with Gasteiger partial charge in [0.25, 0.3) is 0 Å². The molecule has 1 N–H and O–H groups in total. The summed E-state index contributed by atoms with van der Waals surface area (Å²) < 4.78 is 27.2. The first kappa shape index (κ1) is 17.6. The second kappa shape index (κ2) is 7.36. The normalized spacial score (nSPS) is 16.5. The number of sulfonamides is 1. The standard InChI is InChI=1S/C19H21N3O2S/c1-16-6-8-17(9-7-16)15-21-10-12-22(13-11-21)25(23,24)19-5-3-2-4-18(19)14-20/h2-9H,10-13,15H2,1H3/p+1. The van der Waals surface area contributed by atoms with Crippen LogP contribution in [0.15, 0.2) is 53.4 Å². The molecule has 1 saturated heterocycles. The van der Waals surface area contributed by atoms with Crippen LogP contribution in [-0.4, -0.2) is 38.9 Å². The fraction of sp³-hybridized carbons (Fsp3) is 0.316. The van der Waals surface area contributed by atoms with Gasteiger partial charge in [-0.3, -0.25) is 0 Å². The molecular formula is C19H22N3O2S+. The molecule has 0 aromatic heterocycles. The molecule has 2 aromatic rings. The zero-order valence-electron chi connectivity index (χ0n) is 14.3. The molecule has 3 rings (SSSR count). The molecule has 25 heavy (non-hydrogen) atoms. The number of nitriles is 1. The van der Waals surface area contributed by atoms with Crippen molar-refractivity contribution < 1.29 is 13.3 Å². The summed E-state index contributed by atoms with van der Waals surface area (Å²) in [5.74, 6) is 0. The third kappa shape index (κ3) is 3.90. The number of hydrogen-bond donors (Lipinski definition) is 1. The van der Waals surface area contributed by atoms with Crippen LogP contribution in [0.1, 0.15) is 16.7 Å². The number of nitrogens with zero attached hydrogens (tertiary/aromatic N) is 2. The van der Waals surface area contributed by atoms with E-state index in [0.717, 1.165) is 19.6 Å². The van der Waals surface area contributed by atoms with Crippen molar-refractivity contribution >= 4 is 10.0 Å². The highest BCUT2D eigenvalue weighted by Gasteiger charge is 2.31. The first-order valence-electron chi connectivity index (χ1n) is 8.39. The van der Waals surface area contributed by atoms with Gasteiger partial charge in [0.05, 0.1) is 36.6 Å². The Hall–Kier alpha value is -2.20. The maximum absolute atomic E-state index is 12.8. The monoisotopic (exact) mass is 356 g/mol. The zero-order chi connectivity index (χ0) is 17.9. The molecule has 2 aromatic carbocycles.